The van der Waals surface area contributed by atoms with E-state index >= 15 is 0 Å². The average Bonchev–Trinajstić information content (AvgIpc) is 3.51. The minimum atomic E-state index is 0.212. The zero-order valence-electron chi connectivity index (χ0n) is 26.5. The Bertz CT molecular complexity index is 2780. The van der Waals surface area contributed by atoms with Crippen LogP contribution in [-0.2, 0) is 0 Å². The summed E-state index contributed by atoms with van der Waals surface area (Å²) >= 11 is 0.212. The molecule has 0 nitrogen and oxygen atoms in total. The standard InChI is InChI=1S/C46H28Se/c1-2-12-29(13-3-1)44-37-18-8-10-20-39(37)46(40-21-11-9-19-38(40)44)33-22-24-36-41-27-32(23-25-42(41)47-43(36)28-33)45-34-16-6-4-14-30(34)26-31-15-5-7-17-35(31)45/h1-28H/i26D. The third-order valence-electron chi connectivity index (χ3n) is 9.70. The van der Waals surface area contributed by atoms with Crippen molar-refractivity contribution in [3.05, 3.63) is 170 Å². The minimum absolute atomic E-state index is 0.212. The molecule has 0 aliphatic carbocycles. The molecule has 0 amide bonds. The Morgan fingerprint density at radius 3 is 1.40 bits per heavy atom. The van der Waals surface area contributed by atoms with E-state index in [-0.39, 0.29) is 14.5 Å². The van der Waals surface area contributed by atoms with Crippen molar-refractivity contribution in [1.82, 2.24) is 0 Å². The molecule has 1 aromatic heterocycles. The van der Waals surface area contributed by atoms with Crippen LogP contribution < -0.4 is 0 Å². The zero-order valence-corrected chi connectivity index (χ0v) is 27.2. The Balaban J connectivity index is 1.20. The van der Waals surface area contributed by atoms with E-state index < -0.39 is 0 Å². The Kier molecular flexibility index (Phi) is 5.76. The second-order valence-electron chi connectivity index (χ2n) is 12.3. The van der Waals surface area contributed by atoms with Gasteiger partial charge in [0.15, 0.2) is 0 Å². The second-order valence-corrected chi connectivity index (χ2v) is 14.6. The van der Waals surface area contributed by atoms with E-state index in [1.165, 1.54) is 74.2 Å². The summed E-state index contributed by atoms with van der Waals surface area (Å²) in [4.78, 5) is 0. The van der Waals surface area contributed by atoms with Crippen LogP contribution in [0, 0.1) is 0 Å². The molecule has 47 heavy (non-hydrogen) atoms. The molecule has 10 aromatic rings. The van der Waals surface area contributed by atoms with Gasteiger partial charge in [0, 0.05) is 0 Å². The molecule has 0 aliphatic heterocycles. The van der Waals surface area contributed by atoms with Gasteiger partial charge in [-0.05, 0) is 0 Å². The van der Waals surface area contributed by atoms with Crippen LogP contribution >= 0.6 is 0 Å². The molecule has 0 N–H and O–H groups in total. The molecule has 0 aliphatic rings. The molecule has 0 saturated heterocycles. The first kappa shape index (κ1) is 25.7. The SMILES string of the molecule is [2H]c1c2ccccc2c(-c2ccc3[se]c4cc(-c5c6ccccc6c(-c6ccccc6)c6ccccc56)ccc4c3c2)c2ccccc12. The van der Waals surface area contributed by atoms with Gasteiger partial charge in [0.1, 0.15) is 0 Å². The van der Waals surface area contributed by atoms with E-state index in [9.17, 15) is 0 Å². The topological polar surface area (TPSA) is 0 Å². The Labute approximate surface area is 280 Å². The van der Waals surface area contributed by atoms with Gasteiger partial charge < -0.3 is 0 Å². The van der Waals surface area contributed by atoms with E-state index in [4.69, 9.17) is 1.37 Å². The summed E-state index contributed by atoms with van der Waals surface area (Å²) in [6.45, 7) is 0. The fourth-order valence-electron chi connectivity index (χ4n) is 7.66. The predicted octanol–water partition coefficient (Wildman–Crippen LogP) is 12.7. The number of hydrogen-bond donors (Lipinski definition) is 0. The third-order valence-corrected chi connectivity index (χ3v) is 12.1. The molecule has 0 spiro atoms. The quantitative estimate of drug-likeness (QED) is 0.131. The normalized spacial score (nSPS) is 12.1. The molecule has 0 atom stereocenters. The molecule has 0 bridgehead atoms. The summed E-state index contributed by atoms with van der Waals surface area (Å²) in [5.74, 6) is 0. The van der Waals surface area contributed by atoms with E-state index in [1.807, 2.05) is 12.1 Å². The van der Waals surface area contributed by atoms with Crippen LogP contribution in [0.2, 0.25) is 0 Å². The maximum atomic E-state index is 8.96. The van der Waals surface area contributed by atoms with Crippen LogP contribution in [0.5, 0.6) is 0 Å². The Hall–Kier alpha value is -5.46. The van der Waals surface area contributed by atoms with Crippen molar-refractivity contribution in [2.24, 2.45) is 0 Å². The van der Waals surface area contributed by atoms with E-state index in [0.717, 1.165) is 21.5 Å². The van der Waals surface area contributed by atoms with Gasteiger partial charge in [-0.1, -0.05) is 0 Å². The molecule has 10 rings (SSSR count). The predicted molar refractivity (Wildman–Crippen MR) is 205 cm³/mol. The number of rotatable bonds is 3. The number of hydrogen-bond acceptors (Lipinski definition) is 0. The van der Waals surface area contributed by atoms with Crippen LogP contribution in [0.15, 0.2) is 170 Å². The van der Waals surface area contributed by atoms with E-state index in [2.05, 4.69) is 152 Å². The van der Waals surface area contributed by atoms with Gasteiger partial charge in [-0.3, -0.25) is 0 Å². The first-order valence-corrected chi connectivity index (χ1v) is 17.8. The summed E-state index contributed by atoms with van der Waals surface area (Å²) in [7, 11) is 0. The van der Waals surface area contributed by atoms with Crippen molar-refractivity contribution < 1.29 is 1.37 Å². The molecule has 0 saturated carbocycles. The van der Waals surface area contributed by atoms with Gasteiger partial charge in [-0.25, -0.2) is 0 Å². The van der Waals surface area contributed by atoms with Crippen molar-refractivity contribution in [3.8, 4) is 33.4 Å². The van der Waals surface area contributed by atoms with Gasteiger partial charge in [-0.15, -0.1) is 0 Å². The fraction of sp³-hybridized carbons (Fsp3) is 0. The summed E-state index contributed by atoms with van der Waals surface area (Å²) in [6.07, 6.45) is 0. The summed E-state index contributed by atoms with van der Waals surface area (Å²) in [5.41, 5.74) is 7.56. The van der Waals surface area contributed by atoms with Crippen LogP contribution in [0.25, 0.3) is 95.8 Å². The number of fused-ring (bicyclic) bond motifs is 7. The summed E-state index contributed by atoms with van der Waals surface area (Å²) in [6, 6.07) is 60.2. The van der Waals surface area contributed by atoms with Crippen LogP contribution in [0.3, 0.4) is 0 Å². The molecular weight excluding hydrogens is 631 g/mol. The Morgan fingerprint density at radius 2 is 0.787 bits per heavy atom. The molecule has 0 fully saturated rings. The molecule has 9 aromatic carbocycles. The van der Waals surface area contributed by atoms with Gasteiger partial charge in [0.05, 0.1) is 0 Å². The van der Waals surface area contributed by atoms with Gasteiger partial charge in [-0.2, -0.15) is 0 Å². The molecule has 1 heteroatoms. The molecular formula is C46H28Se. The van der Waals surface area contributed by atoms with Gasteiger partial charge >= 0.3 is 281 Å². The zero-order chi connectivity index (χ0) is 31.8. The maximum absolute atomic E-state index is 8.96. The molecule has 1 heterocycles. The summed E-state index contributed by atoms with van der Waals surface area (Å²) < 4.78 is 11.8. The van der Waals surface area contributed by atoms with Crippen molar-refractivity contribution in [1.29, 1.82) is 0 Å². The fourth-order valence-corrected chi connectivity index (χ4v) is 10.0. The first-order chi connectivity index (χ1) is 23.7. The van der Waals surface area contributed by atoms with Crippen molar-refractivity contribution >= 4 is 76.9 Å². The van der Waals surface area contributed by atoms with Crippen LogP contribution in [0.4, 0.5) is 0 Å². The van der Waals surface area contributed by atoms with E-state index in [1.54, 1.807) is 0 Å². The second kappa shape index (κ2) is 10.5. The van der Waals surface area contributed by atoms with Gasteiger partial charge in [0.25, 0.3) is 0 Å². The molecule has 218 valence electrons. The third kappa shape index (κ3) is 4.14. The molecule has 0 radical (unpaired) electrons. The Morgan fingerprint density at radius 1 is 0.319 bits per heavy atom. The molecule has 0 unspecified atom stereocenters. The van der Waals surface area contributed by atoms with Crippen molar-refractivity contribution in [2.75, 3.05) is 0 Å². The van der Waals surface area contributed by atoms with Crippen LogP contribution in [-0.4, -0.2) is 14.5 Å². The average molecular weight is 661 g/mol. The van der Waals surface area contributed by atoms with Crippen molar-refractivity contribution in [2.45, 2.75) is 0 Å². The van der Waals surface area contributed by atoms with Gasteiger partial charge in [0.2, 0.25) is 0 Å². The number of benzene rings is 9. The van der Waals surface area contributed by atoms with Crippen molar-refractivity contribution in [3.63, 3.8) is 0 Å². The monoisotopic (exact) mass is 661 g/mol. The van der Waals surface area contributed by atoms with E-state index in [0.29, 0.717) is 6.04 Å². The first-order valence-electron chi connectivity index (χ1n) is 16.6. The van der Waals surface area contributed by atoms with Crippen LogP contribution in [0.1, 0.15) is 1.37 Å². The summed E-state index contributed by atoms with van der Waals surface area (Å²) in [5, 5.41) is 12.1.